The zero-order chi connectivity index (χ0) is 10.9. The molecule has 0 aliphatic rings. The van der Waals surface area contributed by atoms with Crippen molar-refractivity contribution in [3.8, 4) is 0 Å². The van der Waals surface area contributed by atoms with E-state index in [4.69, 9.17) is 4.74 Å². The Morgan fingerprint density at radius 3 is 2.67 bits per heavy atom. The summed E-state index contributed by atoms with van der Waals surface area (Å²) in [4.78, 5) is 8.01. The molecule has 1 rings (SSSR count). The molecule has 0 spiro atoms. The van der Waals surface area contributed by atoms with Gasteiger partial charge in [0.2, 0.25) is 0 Å². The molecule has 1 aromatic heterocycles. The zero-order valence-corrected chi connectivity index (χ0v) is 9.44. The molecule has 1 N–H and O–H groups in total. The van der Waals surface area contributed by atoms with Crippen molar-refractivity contribution in [2.45, 2.75) is 25.8 Å². The summed E-state index contributed by atoms with van der Waals surface area (Å²) in [7, 11) is 1.94. The standard InChI is InChI=1S/C11H19N3O/c1-3-5-15-6-4-11(12-2)10-7-13-9-14-8-10/h7-9,11-12H,3-6H2,1-2H3. The van der Waals surface area contributed by atoms with Crippen molar-refractivity contribution in [3.05, 3.63) is 24.3 Å². The highest BCUT2D eigenvalue weighted by Crippen LogP contribution is 2.13. The van der Waals surface area contributed by atoms with Crippen LogP contribution in [0.5, 0.6) is 0 Å². The molecule has 1 aromatic rings. The fraction of sp³-hybridized carbons (Fsp3) is 0.636. The Balaban J connectivity index is 2.36. The van der Waals surface area contributed by atoms with Gasteiger partial charge >= 0.3 is 0 Å². The van der Waals surface area contributed by atoms with E-state index in [1.807, 2.05) is 19.4 Å². The summed E-state index contributed by atoms with van der Waals surface area (Å²) in [5, 5.41) is 3.24. The first-order valence-corrected chi connectivity index (χ1v) is 5.38. The Labute approximate surface area is 91.1 Å². The molecule has 84 valence electrons. The Hall–Kier alpha value is -1.00. The third kappa shape index (κ3) is 4.36. The van der Waals surface area contributed by atoms with E-state index < -0.39 is 0 Å². The van der Waals surface area contributed by atoms with Crippen molar-refractivity contribution >= 4 is 0 Å². The second-order valence-electron chi connectivity index (χ2n) is 3.41. The monoisotopic (exact) mass is 209 g/mol. The summed E-state index contributed by atoms with van der Waals surface area (Å²) in [6, 6.07) is 0.281. The molecule has 4 nitrogen and oxygen atoms in total. The van der Waals surface area contributed by atoms with Crippen LogP contribution >= 0.6 is 0 Å². The Morgan fingerprint density at radius 1 is 1.33 bits per heavy atom. The van der Waals surface area contributed by atoms with Crippen molar-refractivity contribution in [2.24, 2.45) is 0 Å². The van der Waals surface area contributed by atoms with Gasteiger partial charge in [-0.2, -0.15) is 0 Å². The highest BCUT2D eigenvalue weighted by Gasteiger charge is 2.08. The predicted octanol–water partition coefficient (Wildman–Crippen LogP) is 1.55. The van der Waals surface area contributed by atoms with E-state index in [0.717, 1.165) is 31.6 Å². The summed E-state index contributed by atoms with van der Waals surface area (Å²) < 4.78 is 5.46. The molecule has 1 unspecified atom stereocenters. The summed E-state index contributed by atoms with van der Waals surface area (Å²) in [5.74, 6) is 0. The molecule has 0 fully saturated rings. The smallest absolute Gasteiger partial charge is 0.115 e. The molecule has 0 aliphatic carbocycles. The van der Waals surface area contributed by atoms with Crippen molar-refractivity contribution in [3.63, 3.8) is 0 Å². The molecule has 15 heavy (non-hydrogen) atoms. The fourth-order valence-electron chi connectivity index (χ4n) is 1.42. The highest BCUT2D eigenvalue weighted by molar-refractivity contribution is 5.08. The van der Waals surface area contributed by atoms with Gasteiger partial charge in [0, 0.05) is 37.2 Å². The number of hydrogen-bond acceptors (Lipinski definition) is 4. The van der Waals surface area contributed by atoms with Crippen LogP contribution in [0.4, 0.5) is 0 Å². The average molecular weight is 209 g/mol. The normalized spacial score (nSPS) is 12.7. The molecule has 0 radical (unpaired) electrons. The minimum Gasteiger partial charge on any atom is -0.381 e. The summed E-state index contributed by atoms with van der Waals surface area (Å²) in [6.45, 7) is 3.72. The van der Waals surface area contributed by atoms with Crippen LogP contribution in [-0.4, -0.2) is 30.2 Å². The number of hydrogen-bond donors (Lipinski definition) is 1. The molecule has 1 heterocycles. The topological polar surface area (TPSA) is 47.0 Å². The van der Waals surface area contributed by atoms with Crippen molar-refractivity contribution in [1.29, 1.82) is 0 Å². The maximum Gasteiger partial charge on any atom is 0.115 e. The molecular formula is C11H19N3O. The second kappa shape index (κ2) is 7.31. The van der Waals surface area contributed by atoms with E-state index in [0.29, 0.717) is 0 Å². The lowest BCUT2D eigenvalue weighted by atomic mass is 10.1. The Morgan fingerprint density at radius 2 is 2.07 bits per heavy atom. The molecule has 0 saturated heterocycles. The van der Waals surface area contributed by atoms with E-state index in [1.165, 1.54) is 0 Å². The van der Waals surface area contributed by atoms with Crippen molar-refractivity contribution in [2.75, 3.05) is 20.3 Å². The lowest BCUT2D eigenvalue weighted by Gasteiger charge is -2.15. The Kier molecular flexibility index (Phi) is 5.88. The van der Waals surface area contributed by atoms with Gasteiger partial charge in [-0.15, -0.1) is 0 Å². The lowest BCUT2D eigenvalue weighted by Crippen LogP contribution is -2.18. The Bertz CT molecular complexity index is 253. The molecular weight excluding hydrogens is 190 g/mol. The van der Waals surface area contributed by atoms with Crippen LogP contribution in [0.2, 0.25) is 0 Å². The van der Waals surface area contributed by atoms with Crippen LogP contribution in [0.25, 0.3) is 0 Å². The van der Waals surface area contributed by atoms with E-state index in [1.54, 1.807) is 6.33 Å². The number of nitrogens with one attached hydrogen (secondary N) is 1. The first kappa shape index (κ1) is 12.1. The van der Waals surface area contributed by atoms with Gasteiger partial charge in [-0.25, -0.2) is 9.97 Å². The minimum absolute atomic E-state index is 0.281. The quantitative estimate of drug-likeness (QED) is 0.692. The number of rotatable bonds is 7. The molecule has 0 saturated carbocycles. The summed E-state index contributed by atoms with van der Waals surface area (Å²) >= 11 is 0. The first-order valence-electron chi connectivity index (χ1n) is 5.38. The molecule has 0 aromatic carbocycles. The van der Waals surface area contributed by atoms with Gasteiger partial charge in [-0.1, -0.05) is 6.92 Å². The summed E-state index contributed by atoms with van der Waals surface area (Å²) in [6.07, 6.45) is 7.24. The lowest BCUT2D eigenvalue weighted by molar-refractivity contribution is 0.125. The number of aromatic nitrogens is 2. The number of ether oxygens (including phenoxy) is 1. The SMILES string of the molecule is CCCOCCC(NC)c1cncnc1. The maximum atomic E-state index is 5.46. The molecule has 0 aliphatic heterocycles. The largest absolute Gasteiger partial charge is 0.381 e. The van der Waals surface area contributed by atoms with Gasteiger partial charge in [0.05, 0.1) is 0 Å². The van der Waals surface area contributed by atoms with E-state index >= 15 is 0 Å². The van der Waals surface area contributed by atoms with Gasteiger partial charge < -0.3 is 10.1 Å². The third-order valence-corrected chi connectivity index (χ3v) is 2.23. The minimum atomic E-state index is 0.281. The van der Waals surface area contributed by atoms with Crippen molar-refractivity contribution < 1.29 is 4.74 Å². The van der Waals surface area contributed by atoms with Gasteiger partial charge in [-0.3, -0.25) is 0 Å². The van der Waals surface area contributed by atoms with Gasteiger partial charge in [0.1, 0.15) is 6.33 Å². The first-order chi connectivity index (χ1) is 7.38. The van der Waals surface area contributed by atoms with Gasteiger partial charge in [0.15, 0.2) is 0 Å². The molecule has 1 atom stereocenters. The highest BCUT2D eigenvalue weighted by atomic mass is 16.5. The maximum absolute atomic E-state index is 5.46. The van der Waals surface area contributed by atoms with E-state index in [-0.39, 0.29) is 6.04 Å². The van der Waals surface area contributed by atoms with Gasteiger partial charge in [-0.05, 0) is 19.9 Å². The van der Waals surface area contributed by atoms with Crippen LogP contribution in [0.1, 0.15) is 31.4 Å². The van der Waals surface area contributed by atoms with Crippen LogP contribution in [0.3, 0.4) is 0 Å². The van der Waals surface area contributed by atoms with Crippen LogP contribution in [-0.2, 0) is 4.74 Å². The zero-order valence-electron chi connectivity index (χ0n) is 9.44. The van der Waals surface area contributed by atoms with Crippen LogP contribution in [0, 0.1) is 0 Å². The molecule has 0 amide bonds. The fourth-order valence-corrected chi connectivity index (χ4v) is 1.42. The van der Waals surface area contributed by atoms with Gasteiger partial charge in [0.25, 0.3) is 0 Å². The van der Waals surface area contributed by atoms with E-state index in [2.05, 4.69) is 22.2 Å². The van der Waals surface area contributed by atoms with Crippen LogP contribution in [0.15, 0.2) is 18.7 Å². The predicted molar refractivity (Wildman–Crippen MR) is 59.6 cm³/mol. The molecule has 4 heteroatoms. The van der Waals surface area contributed by atoms with Crippen molar-refractivity contribution in [1.82, 2.24) is 15.3 Å². The second-order valence-corrected chi connectivity index (χ2v) is 3.41. The number of nitrogens with zero attached hydrogens (tertiary/aromatic N) is 2. The van der Waals surface area contributed by atoms with E-state index in [9.17, 15) is 0 Å². The third-order valence-electron chi connectivity index (χ3n) is 2.23. The average Bonchev–Trinajstić information content (AvgIpc) is 2.30. The van der Waals surface area contributed by atoms with Crippen LogP contribution < -0.4 is 5.32 Å². The summed E-state index contributed by atoms with van der Waals surface area (Å²) in [5.41, 5.74) is 1.11. The molecule has 0 bridgehead atoms.